The van der Waals surface area contributed by atoms with Gasteiger partial charge in [0.25, 0.3) is 0 Å². The fourth-order valence-electron chi connectivity index (χ4n) is 1.71. The van der Waals surface area contributed by atoms with Crippen molar-refractivity contribution in [2.24, 2.45) is 5.84 Å². The molecule has 1 heterocycles. The number of unbranched alkanes of at least 4 members (excludes halogenated alkanes) is 5. The molecule has 0 saturated carbocycles. The summed E-state index contributed by atoms with van der Waals surface area (Å²) in [6, 6.07) is 0.457. The second-order valence-corrected chi connectivity index (χ2v) is 4.42. The summed E-state index contributed by atoms with van der Waals surface area (Å²) in [6.07, 6.45) is 7.25. The van der Waals surface area contributed by atoms with Gasteiger partial charge in [-0.15, -0.1) is 4.98 Å². The van der Waals surface area contributed by atoms with Crippen LogP contribution in [0.1, 0.15) is 52.4 Å². The highest BCUT2D eigenvalue weighted by atomic mass is 16.5. The number of ether oxygens (including phenoxy) is 2. The predicted molar refractivity (Wildman–Crippen MR) is 77.7 cm³/mol. The number of nitrogen functional groups attached to an aromatic ring is 1. The maximum absolute atomic E-state index is 5.50. The molecule has 1 aromatic rings. The molecule has 0 radical (unpaired) electrons. The Morgan fingerprint density at radius 3 is 2.20 bits per heavy atom. The van der Waals surface area contributed by atoms with Gasteiger partial charge in [-0.05, 0) is 13.3 Å². The van der Waals surface area contributed by atoms with Crippen molar-refractivity contribution in [2.75, 3.05) is 18.6 Å². The zero-order chi connectivity index (χ0) is 14.6. The second kappa shape index (κ2) is 10.2. The molecule has 0 aliphatic carbocycles. The van der Waals surface area contributed by atoms with Crippen LogP contribution >= 0.6 is 0 Å². The minimum absolute atomic E-state index is 0.216. The molecule has 0 atom stereocenters. The summed E-state index contributed by atoms with van der Waals surface area (Å²) in [5, 5.41) is 0. The first-order chi connectivity index (χ1) is 9.80. The lowest BCUT2D eigenvalue weighted by Crippen LogP contribution is -2.13. The highest BCUT2D eigenvalue weighted by Crippen LogP contribution is 2.13. The van der Waals surface area contributed by atoms with Crippen molar-refractivity contribution in [1.29, 1.82) is 0 Å². The SMILES string of the molecule is CCCCCCCCOc1nc(NN)nc(OCC)n1. The summed E-state index contributed by atoms with van der Waals surface area (Å²) < 4.78 is 10.7. The summed E-state index contributed by atoms with van der Waals surface area (Å²) in [4.78, 5) is 12.0. The van der Waals surface area contributed by atoms with Crippen molar-refractivity contribution in [2.45, 2.75) is 52.4 Å². The average molecular weight is 283 g/mol. The normalized spacial score (nSPS) is 10.3. The van der Waals surface area contributed by atoms with E-state index in [-0.39, 0.29) is 18.0 Å². The highest BCUT2D eigenvalue weighted by molar-refractivity contribution is 5.25. The monoisotopic (exact) mass is 283 g/mol. The number of hydrogen-bond acceptors (Lipinski definition) is 7. The fraction of sp³-hybridized carbons (Fsp3) is 0.769. The highest BCUT2D eigenvalue weighted by Gasteiger charge is 2.07. The Bertz CT molecular complexity index is 376. The van der Waals surface area contributed by atoms with E-state index in [1.807, 2.05) is 6.92 Å². The lowest BCUT2D eigenvalue weighted by atomic mass is 10.1. The lowest BCUT2D eigenvalue weighted by molar-refractivity contribution is 0.263. The quantitative estimate of drug-likeness (QED) is 0.365. The predicted octanol–water partition coefficient (Wildman–Crippen LogP) is 2.30. The zero-order valence-electron chi connectivity index (χ0n) is 12.4. The Labute approximate surface area is 120 Å². The van der Waals surface area contributed by atoms with Crippen LogP contribution in [0.15, 0.2) is 0 Å². The van der Waals surface area contributed by atoms with E-state index in [9.17, 15) is 0 Å². The molecular weight excluding hydrogens is 258 g/mol. The number of nitrogens with two attached hydrogens (primary N) is 1. The van der Waals surface area contributed by atoms with Crippen LogP contribution in [0.2, 0.25) is 0 Å². The Morgan fingerprint density at radius 1 is 0.900 bits per heavy atom. The molecule has 0 saturated heterocycles. The maximum Gasteiger partial charge on any atom is 0.324 e. The second-order valence-electron chi connectivity index (χ2n) is 4.42. The molecule has 0 aliphatic rings. The van der Waals surface area contributed by atoms with Gasteiger partial charge >= 0.3 is 12.0 Å². The molecule has 0 fully saturated rings. The number of anilines is 1. The third-order valence-corrected chi connectivity index (χ3v) is 2.73. The molecule has 7 nitrogen and oxygen atoms in total. The molecule has 1 rings (SSSR count). The minimum atomic E-state index is 0.216. The van der Waals surface area contributed by atoms with Gasteiger partial charge in [0, 0.05) is 0 Å². The molecule has 0 amide bonds. The Kier molecular flexibility index (Phi) is 8.37. The standard InChI is InChI=1S/C13H25N5O2/c1-3-5-6-7-8-9-10-20-13-16-11(18-14)15-12(17-13)19-4-2/h3-10,14H2,1-2H3,(H,15,16,17,18). The average Bonchev–Trinajstić information content (AvgIpc) is 2.46. The van der Waals surface area contributed by atoms with Gasteiger partial charge in [-0.25, -0.2) is 5.84 Å². The van der Waals surface area contributed by atoms with Crippen molar-refractivity contribution in [1.82, 2.24) is 15.0 Å². The summed E-state index contributed by atoms with van der Waals surface area (Å²) in [7, 11) is 0. The van der Waals surface area contributed by atoms with Crippen LogP contribution in [0.5, 0.6) is 12.0 Å². The van der Waals surface area contributed by atoms with E-state index in [2.05, 4.69) is 27.3 Å². The van der Waals surface area contributed by atoms with E-state index in [1.54, 1.807) is 0 Å². The van der Waals surface area contributed by atoms with Crippen LogP contribution in [0.25, 0.3) is 0 Å². The molecule has 20 heavy (non-hydrogen) atoms. The van der Waals surface area contributed by atoms with Gasteiger partial charge in [0.2, 0.25) is 5.95 Å². The van der Waals surface area contributed by atoms with Gasteiger partial charge in [-0.3, -0.25) is 5.43 Å². The van der Waals surface area contributed by atoms with Gasteiger partial charge < -0.3 is 9.47 Å². The summed E-state index contributed by atoms with van der Waals surface area (Å²) in [5.74, 6) is 5.53. The zero-order valence-corrected chi connectivity index (χ0v) is 12.4. The van der Waals surface area contributed by atoms with Gasteiger partial charge in [-0.1, -0.05) is 39.0 Å². The molecule has 0 aliphatic heterocycles. The van der Waals surface area contributed by atoms with E-state index < -0.39 is 0 Å². The molecule has 7 heteroatoms. The first-order valence-corrected chi connectivity index (χ1v) is 7.28. The third-order valence-electron chi connectivity index (χ3n) is 2.73. The number of rotatable bonds is 11. The van der Waals surface area contributed by atoms with Crippen molar-refractivity contribution < 1.29 is 9.47 Å². The first kappa shape index (κ1) is 16.4. The van der Waals surface area contributed by atoms with Crippen LogP contribution in [-0.2, 0) is 0 Å². The molecule has 0 bridgehead atoms. The summed E-state index contributed by atoms with van der Waals surface area (Å²) >= 11 is 0. The topological polar surface area (TPSA) is 95.2 Å². The molecular formula is C13H25N5O2. The van der Waals surface area contributed by atoms with Crippen LogP contribution in [0, 0.1) is 0 Å². The lowest BCUT2D eigenvalue weighted by Gasteiger charge is -2.07. The van der Waals surface area contributed by atoms with E-state index in [0.717, 1.165) is 12.8 Å². The van der Waals surface area contributed by atoms with E-state index in [4.69, 9.17) is 15.3 Å². The number of hydrazine groups is 1. The minimum Gasteiger partial charge on any atom is -0.464 e. The summed E-state index contributed by atoms with van der Waals surface area (Å²) in [6.45, 7) is 5.13. The van der Waals surface area contributed by atoms with Crippen LogP contribution in [-0.4, -0.2) is 28.2 Å². The van der Waals surface area contributed by atoms with Crippen molar-refractivity contribution in [3.05, 3.63) is 0 Å². The number of nitrogens with one attached hydrogen (secondary N) is 1. The summed E-state index contributed by atoms with van der Waals surface area (Å²) in [5.41, 5.74) is 2.37. The Morgan fingerprint density at radius 2 is 1.55 bits per heavy atom. The molecule has 0 unspecified atom stereocenters. The number of hydrogen-bond donors (Lipinski definition) is 2. The van der Waals surface area contributed by atoms with Crippen LogP contribution in [0.3, 0.4) is 0 Å². The van der Waals surface area contributed by atoms with Crippen molar-refractivity contribution in [3.63, 3.8) is 0 Å². The largest absolute Gasteiger partial charge is 0.464 e. The van der Waals surface area contributed by atoms with Gasteiger partial charge in [-0.2, -0.15) is 9.97 Å². The maximum atomic E-state index is 5.50. The molecule has 114 valence electrons. The molecule has 0 spiro atoms. The first-order valence-electron chi connectivity index (χ1n) is 7.28. The fourth-order valence-corrected chi connectivity index (χ4v) is 1.71. The Hall–Kier alpha value is -1.63. The van der Waals surface area contributed by atoms with E-state index in [0.29, 0.717) is 13.2 Å². The third kappa shape index (κ3) is 6.51. The van der Waals surface area contributed by atoms with E-state index in [1.165, 1.54) is 25.7 Å². The Balaban J connectivity index is 2.33. The molecule has 3 N–H and O–H groups in total. The smallest absolute Gasteiger partial charge is 0.324 e. The van der Waals surface area contributed by atoms with Crippen LogP contribution in [0.4, 0.5) is 5.95 Å². The van der Waals surface area contributed by atoms with Gasteiger partial charge in [0.05, 0.1) is 13.2 Å². The van der Waals surface area contributed by atoms with Crippen molar-refractivity contribution in [3.8, 4) is 12.0 Å². The molecule has 0 aromatic carbocycles. The number of nitrogens with zero attached hydrogens (tertiary/aromatic N) is 3. The molecule has 1 aromatic heterocycles. The van der Waals surface area contributed by atoms with E-state index >= 15 is 0 Å². The van der Waals surface area contributed by atoms with Gasteiger partial charge in [0.15, 0.2) is 0 Å². The van der Waals surface area contributed by atoms with Crippen LogP contribution < -0.4 is 20.7 Å². The van der Waals surface area contributed by atoms with Crippen molar-refractivity contribution >= 4 is 5.95 Å². The number of aromatic nitrogens is 3. The van der Waals surface area contributed by atoms with Gasteiger partial charge in [0.1, 0.15) is 0 Å².